The van der Waals surface area contributed by atoms with Crippen molar-refractivity contribution in [1.29, 1.82) is 0 Å². The van der Waals surface area contributed by atoms with Crippen LogP contribution in [-0.4, -0.2) is 35.5 Å². The number of likely N-dealkylation sites (tertiary alicyclic amines) is 1. The fourth-order valence-electron chi connectivity index (χ4n) is 5.14. The number of carbonyl (C=O) groups is 1. The molecule has 1 N–H and O–H groups in total. The number of nitrogens with one attached hydrogen (secondary N) is 1. The maximum atomic E-state index is 14.3. The molecular weight excluding hydrogens is 473 g/mol. The molecule has 3 aromatic carbocycles. The lowest BCUT2D eigenvalue weighted by Crippen LogP contribution is -2.46. The van der Waals surface area contributed by atoms with Gasteiger partial charge in [-0.15, -0.1) is 0 Å². The number of urea groups is 1. The van der Waals surface area contributed by atoms with Crippen LogP contribution in [-0.2, 0) is 12.0 Å². The van der Waals surface area contributed by atoms with Gasteiger partial charge in [0.25, 0.3) is 5.69 Å². The number of non-ortho nitro benzene ring substituents is 1. The second-order valence-corrected chi connectivity index (χ2v) is 9.28. The number of carbonyl (C=O) groups excluding carboxylic acids is 1. The molecule has 0 aliphatic carbocycles. The van der Waals surface area contributed by atoms with Crippen LogP contribution < -0.4 is 10.2 Å². The molecule has 0 unspecified atom stereocenters. The molecule has 2 amide bonds. The van der Waals surface area contributed by atoms with Crippen molar-refractivity contribution < 1.29 is 22.9 Å². The van der Waals surface area contributed by atoms with E-state index in [9.17, 15) is 28.1 Å². The highest BCUT2D eigenvalue weighted by molar-refractivity contribution is 6.03. The Balaban J connectivity index is 1.32. The molecule has 36 heavy (non-hydrogen) atoms. The number of fused-ring (bicyclic) bond motifs is 2. The van der Waals surface area contributed by atoms with Crippen molar-refractivity contribution in [3.8, 4) is 0 Å². The molecule has 0 saturated carbocycles. The first-order valence-electron chi connectivity index (χ1n) is 11.5. The molecule has 0 atom stereocenters. The molecular formula is C26H23F3N4O3. The number of amides is 2. The van der Waals surface area contributed by atoms with Crippen LogP contribution in [0.1, 0.15) is 24.0 Å². The molecule has 2 heterocycles. The monoisotopic (exact) mass is 496 g/mol. The zero-order chi connectivity index (χ0) is 25.4. The first-order chi connectivity index (χ1) is 17.2. The Labute approximate surface area is 205 Å². The Bertz CT molecular complexity index is 1320. The number of benzene rings is 3. The Morgan fingerprint density at radius 2 is 1.64 bits per heavy atom. The van der Waals surface area contributed by atoms with Gasteiger partial charge in [-0.3, -0.25) is 19.9 Å². The molecule has 1 spiro atoms. The Morgan fingerprint density at radius 1 is 0.972 bits per heavy atom. The Hall–Kier alpha value is -3.92. The van der Waals surface area contributed by atoms with E-state index < -0.39 is 33.8 Å². The summed E-state index contributed by atoms with van der Waals surface area (Å²) in [7, 11) is 0. The second kappa shape index (κ2) is 9.27. The van der Waals surface area contributed by atoms with E-state index in [0.717, 1.165) is 23.3 Å². The van der Waals surface area contributed by atoms with Gasteiger partial charge in [-0.1, -0.05) is 12.1 Å². The number of piperidine rings is 1. The Morgan fingerprint density at radius 3 is 2.31 bits per heavy atom. The maximum Gasteiger partial charge on any atom is 0.326 e. The molecule has 3 aromatic rings. The molecule has 10 heteroatoms. The van der Waals surface area contributed by atoms with Crippen molar-refractivity contribution in [2.45, 2.75) is 24.8 Å². The van der Waals surface area contributed by atoms with E-state index >= 15 is 0 Å². The van der Waals surface area contributed by atoms with E-state index in [1.807, 2.05) is 0 Å². The predicted molar refractivity (Wildman–Crippen MR) is 128 cm³/mol. The van der Waals surface area contributed by atoms with Crippen molar-refractivity contribution in [2.75, 3.05) is 29.9 Å². The number of anilines is 2. The first kappa shape index (κ1) is 23.8. The highest BCUT2D eigenvalue weighted by atomic mass is 19.1. The van der Waals surface area contributed by atoms with Gasteiger partial charge in [-0.25, -0.2) is 18.0 Å². The number of nitro groups is 1. The average molecular weight is 496 g/mol. The van der Waals surface area contributed by atoms with E-state index in [2.05, 4.69) is 10.2 Å². The highest BCUT2D eigenvalue weighted by Crippen LogP contribution is 2.47. The fraction of sp³-hybridized carbons (Fsp3) is 0.269. The van der Waals surface area contributed by atoms with Crippen LogP contribution in [0.15, 0.2) is 60.7 Å². The van der Waals surface area contributed by atoms with Crippen molar-refractivity contribution >= 4 is 23.1 Å². The third kappa shape index (κ3) is 4.51. The van der Waals surface area contributed by atoms with Crippen LogP contribution in [0.25, 0.3) is 0 Å². The van der Waals surface area contributed by atoms with Gasteiger partial charge < -0.3 is 5.32 Å². The fourth-order valence-corrected chi connectivity index (χ4v) is 5.14. The molecule has 0 aromatic heterocycles. The van der Waals surface area contributed by atoms with E-state index in [1.54, 1.807) is 18.2 Å². The largest absolute Gasteiger partial charge is 0.326 e. The number of nitro benzene ring substituents is 1. The van der Waals surface area contributed by atoms with Crippen LogP contribution in [0.5, 0.6) is 0 Å². The molecule has 1 fully saturated rings. The number of hydrogen-bond acceptors (Lipinski definition) is 4. The second-order valence-electron chi connectivity index (χ2n) is 9.28. The topological polar surface area (TPSA) is 78.7 Å². The maximum absolute atomic E-state index is 14.3. The highest BCUT2D eigenvalue weighted by Gasteiger charge is 2.46. The van der Waals surface area contributed by atoms with Gasteiger partial charge in [0.15, 0.2) is 0 Å². The molecule has 1 saturated heterocycles. The van der Waals surface area contributed by atoms with Gasteiger partial charge >= 0.3 is 6.03 Å². The molecule has 0 bridgehead atoms. The number of rotatable bonds is 4. The first-order valence-corrected chi connectivity index (χ1v) is 11.5. The third-order valence-corrected chi connectivity index (χ3v) is 7.07. The lowest BCUT2D eigenvalue weighted by Gasteiger charge is -2.40. The van der Waals surface area contributed by atoms with Gasteiger partial charge in [0.1, 0.15) is 17.5 Å². The smallest absolute Gasteiger partial charge is 0.305 e. The molecule has 186 valence electrons. The lowest BCUT2D eigenvalue weighted by molar-refractivity contribution is -0.384. The van der Waals surface area contributed by atoms with E-state index in [1.165, 1.54) is 29.2 Å². The minimum atomic E-state index is -0.879. The summed E-state index contributed by atoms with van der Waals surface area (Å²) in [6, 6.07) is 13.1. The summed E-state index contributed by atoms with van der Waals surface area (Å²) in [5.74, 6) is -2.02. The summed E-state index contributed by atoms with van der Waals surface area (Å²) in [5, 5.41) is 13.4. The standard InChI is InChI=1S/C26H23F3N4O3/c27-18-4-8-24-21(13-18)26(16-32(24)25(34)30-23-7-3-19(28)14-22(23)29)9-11-31(12-10-26)15-17-1-5-20(6-2-17)33(35)36/h1-8,13-14H,9-12,15-16H2,(H,30,34). The summed E-state index contributed by atoms with van der Waals surface area (Å²) < 4.78 is 41.6. The van der Waals surface area contributed by atoms with Gasteiger partial charge in [0, 0.05) is 42.4 Å². The Kier molecular flexibility index (Phi) is 6.13. The van der Waals surface area contributed by atoms with Crippen molar-refractivity contribution in [3.63, 3.8) is 0 Å². The summed E-state index contributed by atoms with van der Waals surface area (Å²) in [5.41, 5.74) is 1.72. The minimum Gasteiger partial charge on any atom is -0.305 e. The van der Waals surface area contributed by atoms with Gasteiger partial charge in [0.2, 0.25) is 0 Å². The van der Waals surface area contributed by atoms with Gasteiger partial charge in [-0.05, 0) is 67.4 Å². The predicted octanol–water partition coefficient (Wildman–Crippen LogP) is 5.60. The average Bonchev–Trinajstić information content (AvgIpc) is 3.16. The van der Waals surface area contributed by atoms with Crippen molar-refractivity contribution in [3.05, 3.63) is 99.4 Å². The number of hydrogen-bond donors (Lipinski definition) is 1. The van der Waals surface area contributed by atoms with Crippen molar-refractivity contribution in [2.24, 2.45) is 0 Å². The SMILES string of the molecule is O=C(Nc1ccc(F)cc1F)N1CC2(CCN(Cc3ccc([N+](=O)[O-])cc3)CC2)c2cc(F)ccc21. The third-order valence-electron chi connectivity index (χ3n) is 7.07. The van der Waals surface area contributed by atoms with Crippen LogP contribution >= 0.6 is 0 Å². The quantitative estimate of drug-likeness (QED) is 0.377. The lowest BCUT2D eigenvalue weighted by atomic mass is 9.74. The van der Waals surface area contributed by atoms with Gasteiger partial charge in [-0.2, -0.15) is 0 Å². The molecule has 5 rings (SSSR count). The zero-order valence-corrected chi connectivity index (χ0v) is 19.2. The molecule has 7 nitrogen and oxygen atoms in total. The number of halogens is 3. The molecule has 2 aliphatic heterocycles. The van der Waals surface area contributed by atoms with E-state index in [0.29, 0.717) is 50.8 Å². The molecule has 2 aliphatic rings. The van der Waals surface area contributed by atoms with Gasteiger partial charge in [0.05, 0.1) is 10.6 Å². The summed E-state index contributed by atoms with van der Waals surface area (Å²) >= 11 is 0. The number of nitrogens with zero attached hydrogens (tertiary/aromatic N) is 3. The van der Waals surface area contributed by atoms with E-state index in [4.69, 9.17) is 0 Å². The normalized spacial score (nSPS) is 16.7. The van der Waals surface area contributed by atoms with Crippen LogP contribution in [0, 0.1) is 27.6 Å². The summed E-state index contributed by atoms with van der Waals surface area (Å²) in [4.78, 5) is 27.3. The van der Waals surface area contributed by atoms with Crippen LogP contribution in [0.2, 0.25) is 0 Å². The van der Waals surface area contributed by atoms with Crippen LogP contribution in [0.3, 0.4) is 0 Å². The summed E-state index contributed by atoms with van der Waals surface area (Å²) in [6.07, 6.45) is 1.34. The van der Waals surface area contributed by atoms with Crippen LogP contribution in [0.4, 0.5) is 35.0 Å². The van der Waals surface area contributed by atoms with Crippen molar-refractivity contribution in [1.82, 2.24) is 4.90 Å². The van der Waals surface area contributed by atoms with E-state index in [-0.39, 0.29) is 11.4 Å². The zero-order valence-electron chi connectivity index (χ0n) is 19.2. The molecule has 0 radical (unpaired) electrons. The minimum absolute atomic E-state index is 0.0415. The summed E-state index contributed by atoms with van der Waals surface area (Å²) in [6.45, 7) is 2.31.